The molecular weight excluding hydrogens is 166 g/mol. The van der Waals surface area contributed by atoms with Crippen molar-refractivity contribution < 1.29 is 25.2 Å². The fourth-order valence-corrected chi connectivity index (χ4v) is 1.15. The van der Waals surface area contributed by atoms with Crippen LogP contribution < -0.4 is 5.32 Å². The summed E-state index contributed by atoms with van der Waals surface area (Å²) in [6, 6.07) is 0. The van der Waals surface area contributed by atoms with Crippen molar-refractivity contribution in [2.75, 3.05) is 13.1 Å². The Morgan fingerprint density at radius 2 is 2.08 bits per heavy atom. The molecule has 0 bridgehead atoms. The minimum Gasteiger partial charge on any atom is -0.479 e. The molecule has 0 amide bonds. The number of aliphatic carboxylic acids is 1. The van der Waals surface area contributed by atoms with Crippen molar-refractivity contribution in [3.8, 4) is 0 Å². The number of piperidine rings is 1. The van der Waals surface area contributed by atoms with Crippen molar-refractivity contribution in [1.82, 2.24) is 5.32 Å². The standard InChI is InChI=1S/C6H11NO5/c8-3-1-7-2-6(12,4(3)9)5(10)11/h3-4,7-9,12H,1-2H2,(H,10,11)/t3-,4+,6-/m1/s1. The second-order valence-corrected chi connectivity index (χ2v) is 2.87. The third kappa shape index (κ3) is 1.29. The SMILES string of the molecule is O=C(O)[C@@]1(O)CNC[C@@H](O)[C@@H]1O. The van der Waals surface area contributed by atoms with E-state index in [-0.39, 0.29) is 13.1 Å². The third-order valence-corrected chi connectivity index (χ3v) is 1.97. The largest absolute Gasteiger partial charge is 0.479 e. The molecule has 0 spiro atoms. The van der Waals surface area contributed by atoms with Crippen molar-refractivity contribution in [2.24, 2.45) is 0 Å². The summed E-state index contributed by atoms with van der Waals surface area (Å²) in [5.41, 5.74) is -2.28. The van der Waals surface area contributed by atoms with Crippen molar-refractivity contribution in [3.05, 3.63) is 0 Å². The van der Waals surface area contributed by atoms with Crippen molar-refractivity contribution in [1.29, 1.82) is 0 Å². The van der Waals surface area contributed by atoms with Crippen molar-refractivity contribution in [3.63, 3.8) is 0 Å². The molecule has 3 atom stereocenters. The maximum absolute atomic E-state index is 10.5. The van der Waals surface area contributed by atoms with E-state index >= 15 is 0 Å². The van der Waals surface area contributed by atoms with Crippen molar-refractivity contribution >= 4 is 5.97 Å². The van der Waals surface area contributed by atoms with E-state index in [4.69, 9.17) is 15.3 Å². The summed E-state index contributed by atoms with van der Waals surface area (Å²) in [7, 11) is 0. The second kappa shape index (κ2) is 2.98. The Kier molecular flexibility index (Phi) is 2.34. The van der Waals surface area contributed by atoms with Crippen LogP contribution in [0.3, 0.4) is 0 Å². The highest BCUT2D eigenvalue weighted by atomic mass is 16.4. The number of nitrogens with one attached hydrogen (secondary N) is 1. The van der Waals surface area contributed by atoms with Gasteiger partial charge in [0.25, 0.3) is 0 Å². The zero-order valence-corrected chi connectivity index (χ0v) is 6.27. The van der Waals surface area contributed by atoms with Crippen LogP contribution in [0.1, 0.15) is 0 Å². The lowest BCUT2D eigenvalue weighted by molar-refractivity contribution is -0.186. The summed E-state index contributed by atoms with van der Waals surface area (Å²) in [4.78, 5) is 10.5. The number of aliphatic hydroxyl groups is 3. The van der Waals surface area contributed by atoms with Gasteiger partial charge in [-0.1, -0.05) is 0 Å². The summed E-state index contributed by atoms with van der Waals surface area (Å²) >= 11 is 0. The third-order valence-electron chi connectivity index (χ3n) is 1.97. The van der Waals surface area contributed by atoms with E-state index in [0.717, 1.165) is 0 Å². The summed E-state index contributed by atoms with van der Waals surface area (Å²) in [5, 5.41) is 38.5. The average molecular weight is 177 g/mol. The smallest absolute Gasteiger partial charge is 0.339 e. The summed E-state index contributed by atoms with van der Waals surface area (Å²) < 4.78 is 0. The highest BCUT2D eigenvalue weighted by molar-refractivity contribution is 5.78. The number of carboxylic acids is 1. The van der Waals surface area contributed by atoms with E-state index in [1.54, 1.807) is 0 Å². The van der Waals surface area contributed by atoms with Crippen LogP contribution in [0.4, 0.5) is 0 Å². The highest BCUT2D eigenvalue weighted by Gasteiger charge is 2.49. The number of β-amino-alcohol motifs (C(OH)–C–C–N with tert-alkyl or cyclic N) is 2. The zero-order chi connectivity index (χ0) is 9.35. The number of carboxylic acid groups (broad SMARTS) is 1. The first-order valence-corrected chi connectivity index (χ1v) is 3.51. The van der Waals surface area contributed by atoms with Gasteiger partial charge < -0.3 is 25.7 Å². The van der Waals surface area contributed by atoms with Gasteiger partial charge in [0.15, 0.2) is 0 Å². The Hall–Kier alpha value is -0.690. The van der Waals surface area contributed by atoms with E-state index in [1.165, 1.54) is 0 Å². The Morgan fingerprint density at radius 1 is 1.50 bits per heavy atom. The molecule has 12 heavy (non-hydrogen) atoms. The summed E-state index contributed by atoms with van der Waals surface area (Å²) in [5.74, 6) is -1.54. The predicted molar refractivity (Wildman–Crippen MR) is 37.5 cm³/mol. The van der Waals surface area contributed by atoms with Gasteiger partial charge in [-0.2, -0.15) is 0 Å². The molecule has 0 aromatic heterocycles. The van der Waals surface area contributed by atoms with Crippen LogP contribution in [0.5, 0.6) is 0 Å². The first-order chi connectivity index (χ1) is 5.48. The predicted octanol–water partition coefficient (Wildman–Crippen LogP) is -2.87. The topological polar surface area (TPSA) is 110 Å². The summed E-state index contributed by atoms with van der Waals surface area (Å²) in [6.45, 7) is -0.183. The Labute approximate surface area is 68.4 Å². The van der Waals surface area contributed by atoms with Crippen LogP contribution in [-0.2, 0) is 4.79 Å². The van der Waals surface area contributed by atoms with Crippen LogP contribution in [0.2, 0.25) is 0 Å². The maximum atomic E-state index is 10.5. The molecule has 1 saturated heterocycles. The zero-order valence-electron chi connectivity index (χ0n) is 6.27. The van der Waals surface area contributed by atoms with Crippen LogP contribution in [0, 0.1) is 0 Å². The van der Waals surface area contributed by atoms with E-state index < -0.39 is 23.8 Å². The number of rotatable bonds is 1. The van der Waals surface area contributed by atoms with E-state index in [2.05, 4.69) is 5.32 Å². The van der Waals surface area contributed by atoms with Gasteiger partial charge in [-0.15, -0.1) is 0 Å². The first-order valence-electron chi connectivity index (χ1n) is 3.51. The lowest BCUT2D eigenvalue weighted by atomic mass is 9.89. The molecule has 0 unspecified atom stereocenters. The second-order valence-electron chi connectivity index (χ2n) is 2.87. The molecule has 0 aromatic carbocycles. The molecule has 1 heterocycles. The van der Waals surface area contributed by atoms with Gasteiger partial charge >= 0.3 is 5.97 Å². The molecule has 0 aromatic rings. The fraction of sp³-hybridized carbons (Fsp3) is 0.833. The lowest BCUT2D eigenvalue weighted by Crippen LogP contribution is -2.66. The fourth-order valence-electron chi connectivity index (χ4n) is 1.15. The van der Waals surface area contributed by atoms with Gasteiger partial charge in [0.1, 0.15) is 6.10 Å². The molecule has 6 nitrogen and oxygen atoms in total. The molecule has 1 aliphatic heterocycles. The molecular formula is C6H11NO5. The van der Waals surface area contributed by atoms with Crippen LogP contribution in [0.25, 0.3) is 0 Å². The van der Waals surface area contributed by atoms with Crippen molar-refractivity contribution in [2.45, 2.75) is 17.8 Å². The molecule has 70 valence electrons. The van der Waals surface area contributed by atoms with Gasteiger partial charge in [-0.25, -0.2) is 4.79 Å². The molecule has 0 radical (unpaired) electrons. The Balaban J connectivity index is 2.81. The minimum atomic E-state index is -2.28. The summed E-state index contributed by atoms with van der Waals surface area (Å²) in [6.07, 6.45) is -2.89. The maximum Gasteiger partial charge on any atom is 0.339 e. The Morgan fingerprint density at radius 3 is 2.50 bits per heavy atom. The quantitative estimate of drug-likeness (QED) is 0.294. The molecule has 0 aliphatic carbocycles. The van der Waals surface area contributed by atoms with Gasteiger partial charge in [0.2, 0.25) is 5.60 Å². The Bertz CT molecular complexity index is 196. The average Bonchev–Trinajstić information content (AvgIpc) is 2.00. The monoisotopic (exact) mass is 177 g/mol. The lowest BCUT2D eigenvalue weighted by Gasteiger charge is -2.36. The minimum absolute atomic E-state index is 0.0801. The van der Waals surface area contributed by atoms with Gasteiger partial charge in [-0.05, 0) is 0 Å². The van der Waals surface area contributed by atoms with Crippen LogP contribution in [-0.4, -0.2) is 57.3 Å². The number of aliphatic hydroxyl groups excluding tert-OH is 2. The number of hydrogen-bond donors (Lipinski definition) is 5. The van der Waals surface area contributed by atoms with Crippen LogP contribution >= 0.6 is 0 Å². The molecule has 1 rings (SSSR count). The normalized spacial score (nSPS) is 42.6. The van der Waals surface area contributed by atoms with E-state index in [9.17, 15) is 9.90 Å². The molecule has 1 aliphatic rings. The van der Waals surface area contributed by atoms with Crippen LogP contribution in [0.15, 0.2) is 0 Å². The molecule has 0 saturated carbocycles. The van der Waals surface area contributed by atoms with E-state index in [0.29, 0.717) is 0 Å². The van der Waals surface area contributed by atoms with Gasteiger partial charge in [0, 0.05) is 13.1 Å². The highest BCUT2D eigenvalue weighted by Crippen LogP contribution is 2.17. The molecule has 5 N–H and O–H groups in total. The number of carbonyl (C=O) groups is 1. The van der Waals surface area contributed by atoms with Gasteiger partial charge in [-0.3, -0.25) is 0 Å². The van der Waals surface area contributed by atoms with E-state index in [1.807, 2.05) is 0 Å². The molecule has 6 heteroatoms. The first kappa shape index (κ1) is 9.40. The molecule has 1 fully saturated rings. The number of hydrogen-bond acceptors (Lipinski definition) is 5. The van der Waals surface area contributed by atoms with Gasteiger partial charge in [0.05, 0.1) is 6.10 Å².